The summed E-state index contributed by atoms with van der Waals surface area (Å²) in [6.45, 7) is 0. The summed E-state index contributed by atoms with van der Waals surface area (Å²) in [6, 6.07) is 15.1. The molecule has 0 unspecified atom stereocenters. The number of sulfonamides is 1. The standard InChI is InChI=1S/C13H15N3O2S/c1-16(12-9-7-11(15-14)8-10-12)19(17,18)13-5-3-2-4-6-13/h2-10,15H,14H2,1H3. The number of nitrogens with two attached hydrogens (primary N) is 1. The lowest BCUT2D eigenvalue weighted by molar-refractivity contribution is 0.594. The quantitative estimate of drug-likeness (QED) is 0.660. The molecule has 2 aromatic rings. The maximum atomic E-state index is 12.4. The van der Waals surface area contributed by atoms with E-state index in [4.69, 9.17) is 5.84 Å². The van der Waals surface area contributed by atoms with Crippen molar-refractivity contribution in [3.63, 3.8) is 0 Å². The van der Waals surface area contributed by atoms with Crippen molar-refractivity contribution in [1.29, 1.82) is 0 Å². The second-order valence-electron chi connectivity index (χ2n) is 3.98. The Morgan fingerprint density at radius 3 is 2.11 bits per heavy atom. The van der Waals surface area contributed by atoms with Gasteiger partial charge in [0, 0.05) is 12.7 Å². The summed E-state index contributed by atoms with van der Waals surface area (Å²) in [5.74, 6) is 5.27. The van der Waals surface area contributed by atoms with Crippen LogP contribution in [0, 0.1) is 0 Å². The van der Waals surface area contributed by atoms with E-state index in [2.05, 4.69) is 5.43 Å². The van der Waals surface area contributed by atoms with Crippen molar-refractivity contribution < 1.29 is 8.42 Å². The molecule has 0 aromatic heterocycles. The molecule has 0 spiro atoms. The zero-order valence-electron chi connectivity index (χ0n) is 10.4. The molecule has 6 heteroatoms. The van der Waals surface area contributed by atoms with Gasteiger partial charge in [-0.25, -0.2) is 8.42 Å². The predicted octanol–water partition coefficient (Wildman–Crippen LogP) is 1.80. The van der Waals surface area contributed by atoms with Crippen LogP contribution < -0.4 is 15.6 Å². The molecule has 3 N–H and O–H groups in total. The lowest BCUT2D eigenvalue weighted by Gasteiger charge is -2.19. The van der Waals surface area contributed by atoms with Gasteiger partial charge >= 0.3 is 0 Å². The minimum absolute atomic E-state index is 0.263. The highest BCUT2D eigenvalue weighted by Crippen LogP contribution is 2.22. The van der Waals surface area contributed by atoms with E-state index in [1.54, 1.807) is 54.6 Å². The van der Waals surface area contributed by atoms with E-state index in [1.165, 1.54) is 11.4 Å². The number of hydrogen-bond acceptors (Lipinski definition) is 4. The van der Waals surface area contributed by atoms with Gasteiger partial charge in [-0.2, -0.15) is 0 Å². The van der Waals surface area contributed by atoms with Crippen LogP contribution in [0.1, 0.15) is 0 Å². The van der Waals surface area contributed by atoms with Crippen molar-refractivity contribution in [3.05, 3.63) is 54.6 Å². The van der Waals surface area contributed by atoms with Gasteiger partial charge in [-0.1, -0.05) is 18.2 Å². The molecule has 0 atom stereocenters. The molecule has 0 fully saturated rings. The number of nitrogen functional groups attached to an aromatic ring is 1. The van der Waals surface area contributed by atoms with E-state index < -0.39 is 10.0 Å². The first-order valence-electron chi connectivity index (χ1n) is 5.66. The normalized spacial score (nSPS) is 11.1. The first-order valence-corrected chi connectivity index (χ1v) is 7.10. The maximum Gasteiger partial charge on any atom is 0.264 e. The fraction of sp³-hybridized carbons (Fsp3) is 0.0769. The van der Waals surface area contributed by atoms with Crippen molar-refractivity contribution in [1.82, 2.24) is 0 Å². The second-order valence-corrected chi connectivity index (χ2v) is 5.95. The van der Waals surface area contributed by atoms with E-state index in [1.807, 2.05) is 0 Å². The van der Waals surface area contributed by atoms with Crippen molar-refractivity contribution >= 4 is 21.4 Å². The van der Waals surface area contributed by atoms with E-state index in [-0.39, 0.29) is 4.90 Å². The average Bonchev–Trinajstić information content (AvgIpc) is 2.47. The highest BCUT2D eigenvalue weighted by molar-refractivity contribution is 7.92. The van der Waals surface area contributed by atoms with E-state index in [0.717, 1.165) is 0 Å². The summed E-state index contributed by atoms with van der Waals surface area (Å²) in [4.78, 5) is 0.263. The molecule has 0 bridgehead atoms. The van der Waals surface area contributed by atoms with Gasteiger partial charge in [0.2, 0.25) is 0 Å². The van der Waals surface area contributed by atoms with Crippen LogP contribution in [0.15, 0.2) is 59.5 Å². The topological polar surface area (TPSA) is 75.4 Å². The molecule has 0 aliphatic heterocycles. The smallest absolute Gasteiger partial charge is 0.264 e. The van der Waals surface area contributed by atoms with Crippen molar-refractivity contribution in [2.45, 2.75) is 4.90 Å². The number of anilines is 2. The summed E-state index contributed by atoms with van der Waals surface area (Å²) in [5, 5.41) is 0. The molecule has 0 aliphatic carbocycles. The van der Waals surface area contributed by atoms with Crippen LogP contribution in [0.5, 0.6) is 0 Å². The van der Waals surface area contributed by atoms with E-state index in [0.29, 0.717) is 11.4 Å². The molecule has 0 radical (unpaired) electrons. The molecule has 0 heterocycles. The van der Waals surface area contributed by atoms with Crippen LogP contribution in [0.2, 0.25) is 0 Å². The average molecular weight is 277 g/mol. The molecule has 5 nitrogen and oxygen atoms in total. The van der Waals surface area contributed by atoms with Gasteiger partial charge in [0.1, 0.15) is 0 Å². The molecule has 19 heavy (non-hydrogen) atoms. The summed E-state index contributed by atoms with van der Waals surface area (Å²) >= 11 is 0. The third-order valence-corrected chi connectivity index (χ3v) is 4.60. The first kappa shape index (κ1) is 13.4. The fourth-order valence-corrected chi connectivity index (χ4v) is 2.87. The van der Waals surface area contributed by atoms with Gasteiger partial charge < -0.3 is 5.43 Å². The van der Waals surface area contributed by atoms with Gasteiger partial charge in [-0.3, -0.25) is 10.1 Å². The Kier molecular flexibility index (Phi) is 3.73. The summed E-state index contributed by atoms with van der Waals surface area (Å²) < 4.78 is 26.0. The molecule has 0 saturated carbocycles. The summed E-state index contributed by atoms with van der Waals surface area (Å²) in [7, 11) is -2.01. The molecule has 0 saturated heterocycles. The van der Waals surface area contributed by atoms with Crippen molar-refractivity contribution in [2.24, 2.45) is 5.84 Å². The fourth-order valence-electron chi connectivity index (χ4n) is 1.66. The minimum Gasteiger partial charge on any atom is -0.324 e. The third-order valence-electron chi connectivity index (χ3n) is 2.80. The molecule has 0 amide bonds. The Morgan fingerprint density at radius 2 is 1.58 bits per heavy atom. The number of rotatable bonds is 4. The van der Waals surface area contributed by atoms with Crippen molar-refractivity contribution in [3.8, 4) is 0 Å². The van der Waals surface area contributed by atoms with Gasteiger partial charge in [-0.15, -0.1) is 0 Å². The lowest BCUT2D eigenvalue weighted by Crippen LogP contribution is -2.26. The van der Waals surface area contributed by atoms with Gasteiger partial charge in [0.25, 0.3) is 10.0 Å². The lowest BCUT2D eigenvalue weighted by atomic mass is 10.3. The highest BCUT2D eigenvalue weighted by Gasteiger charge is 2.20. The zero-order chi connectivity index (χ0) is 13.9. The second kappa shape index (κ2) is 5.29. The first-order chi connectivity index (χ1) is 9.05. The van der Waals surface area contributed by atoms with E-state index in [9.17, 15) is 8.42 Å². The van der Waals surface area contributed by atoms with Crippen LogP contribution in [-0.2, 0) is 10.0 Å². The Morgan fingerprint density at radius 1 is 1.00 bits per heavy atom. The predicted molar refractivity (Wildman–Crippen MR) is 76.3 cm³/mol. The number of benzene rings is 2. The highest BCUT2D eigenvalue weighted by atomic mass is 32.2. The van der Waals surface area contributed by atoms with Crippen LogP contribution >= 0.6 is 0 Å². The molecular formula is C13H15N3O2S. The number of hydrogen-bond donors (Lipinski definition) is 2. The van der Waals surface area contributed by atoms with Gasteiger partial charge in [-0.05, 0) is 36.4 Å². The zero-order valence-corrected chi connectivity index (χ0v) is 11.3. The molecule has 0 aliphatic rings. The minimum atomic E-state index is -3.53. The van der Waals surface area contributed by atoms with Gasteiger partial charge in [0.15, 0.2) is 0 Å². The largest absolute Gasteiger partial charge is 0.324 e. The molecular weight excluding hydrogens is 262 g/mol. The van der Waals surface area contributed by atoms with Crippen molar-refractivity contribution in [2.75, 3.05) is 16.8 Å². The monoisotopic (exact) mass is 277 g/mol. The molecule has 2 aromatic carbocycles. The molecule has 2 rings (SSSR count). The molecule has 100 valence electrons. The summed E-state index contributed by atoms with van der Waals surface area (Å²) in [5.41, 5.74) is 3.78. The van der Waals surface area contributed by atoms with Crippen LogP contribution in [-0.4, -0.2) is 15.5 Å². The Balaban J connectivity index is 2.35. The number of hydrazine groups is 1. The maximum absolute atomic E-state index is 12.4. The number of nitrogens with one attached hydrogen (secondary N) is 1. The van der Waals surface area contributed by atoms with Crippen LogP contribution in [0.25, 0.3) is 0 Å². The Labute approximate surface area is 112 Å². The Hall–Kier alpha value is -2.05. The van der Waals surface area contributed by atoms with Crippen LogP contribution in [0.4, 0.5) is 11.4 Å². The van der Waals surface area contributed by atoms with Crippen LogP contribution in [0.3, 0.4) is 0 Å². The van der Waals surface area contributed by atoms with Gasteiger partial charge in [0.05, 0.1) is 10.6 Å². The summed E-state index contributed by atoms with van der Waals surface area (Å²) in [6.07, 6.45) is 0. The number of nitrogens with zero attached hydrogens (tertiary/aromatic N) is 1. The third kappa shape index (κ3) is 2.69. The Bertz CT molecular complexity index is 639. The van der Waals surface area contributed by atoms with E-state index >= 15 is 0 Å². The SMILES string of the molecule is CN(c1ccc(NN)cc1)S(=O)(=O)c1ccccc1.